The minimum Gasteiger partial charge on any atom is -0.503 e. The number of methoxy groups -OCH3 is 1. The van der Waals surface area contributed by atoms with Crippen LogP contribution >= 0.6 is 22.9 Å². The molecule has 0 aliphatic heterocycles. The van der Waals surface area contributed by atoms with Gasteiger partial charge in [-0.2, -0.15) is 0 Å². The average molecular weight is 389 g/mol. The van der Waals surface area contributed by atoms with Gasteiger partial charge in [0.05, 0.1) is 17.0 Å². The van der Waals surface area contributed by atoms with E-state index in [9.17, 15) is 9.90 Å². The van der Waals surface area contributed by atoms with Gasteiger partial charge in [0.2, 0.25) is 0 Å². The number of carbonyl (C=O) groups excluding carboxylic acids is 1. The van der Waals surface area contributed by atoms with Gasteiger partial charge < -0.3 is 9.84 Å². The molecule has 0 spiro atoms. The number of rotatable bonds is 4. The van der Waals surface area contributed by atoms with Crippen molar-refractivity contribution in [2.75, 3.05) is 7.11 Å². The molecule has 26 heavy (non-hydrogen) atoms. The van der Waals surface area contributed by atoms with Crippen molar-refractivity contribution >= 4 is 34.8 Å². The molecule has 0 radical (unpaired) electrons. The predicted octanol–water partition coefficient (Wildman–Crippen LogP) is 5.62. The lowest BCUT2D eigenvalue weighted by Crippen LogP contribution is -2.02. The Morgan fingerprint density at radius 2 is 2.15 bits per heavy atom. The smallest absolute Gasteiger partial charge is 0.196 e. The molecule has 1 N–H and O–H groups in total. The average Bonchev–Trinajstić information content (AvgIpc) is 2.95. The molecule has 5 heteroatoms. The SMILES string of the molecule is COc1cc(/C=C/C(=O)c2sc(C)c3c2C[C@@H]2[C@H]3C2(C)C)cc(Cl)c1O. The van der Waals surface area contributed by atoms with Crippen LogP contribution < -0.4 is 4.74 Å². The lowest BCUT2D eigenvalue weighted by Gasteiger charge is -2.09. The van der Waals surface area contributed by atoms with Gasteiger partial charge in [-0.1, -0.05) is 31.5 Å². The topological polar surface area (TPSA) is 46.5 Å². The Bertz CT molecular complexity index is 955. The molecule has 2 atom stereocenters. The van der Waals surface area contributed by atoms with Crippen molar-refractivity contribution in [2.45, 2.75) is 33.1 Å². The van der Waals surface area contributed by atoms with Gasteiger partial charge in [0.1, 0.15) is 0 Å². The van der Waals surface area contributed by atoms with Crippen molar-refractivity contribution < 1.29 is 14.6 Å². The molecule has 0 amide bonds. The number of aromatic hydroxyl groups is 1. The fourth-order valence-electron chi connectivity index (χ4n) is 4.42. The first kappa shape index (κ1) is 17.6. The molecular weight excluding hydrogens is 368 g/mol. The van der Waals surface area contributed by atoms with E-state index in [4.69, 9.17) is 16.3 Å². The summed E-state index contributed by atoms with van der Waals surface area (Å²) in [5.74, 6) is 1.54. The third-order valence-corrected chi connectivity index (χ3v) is 7.41. The molecule has 1 fully saturated rings. The molecule has 4 rings (SSSR count). The van der Waals surface area contributed by atoms with Crippen LogP contribution in [0, 0.1) is 18.3 Å². The van der Waals surface area contributed by atoms with Crippen LogP contribution in [0.2, 0.25) is 5.02 Å². The minimum absolute atomic E-state index is 0.0293. The molecule has 0 bridgehead atoms. The largest absolute Gasteiger partial charge is 0.503 e. The predicted molar refractivity (Wildman–Crippen MR) is 106 cm³/mol. The second-order valence-electron chi connectivity index (χ2n) is 7.74. The number of allylic oxidation sites excluding steroid dienone is 1. The number of benzene rings is 1. The molecule has 0 unspecified atom stereocenters. The fraction of sp³-hybridized carbons (Fsp3) is 0.381. The monoisotopic (exact) mass is 388 g/mol. The lowest BCUT2D eigenvalue weighted by atomic mass is 9.94. The highest BCUT2D eigenvalue weighted by molar-refractivity contribution is 7.14. The van der Waals surface area contributed by atoms with Crippen molar-refractivity contribution in [2.24, 2.45) is 11.3 Å². The Morgan fingerprint density at radius 3 is 2.85 bits per heavy atom. The highest BCUT2D eigenvalue weighted by Crippen LogP contribution is 2.71. The zero-order valence-electron chi connectivity index (χ0n) is 15.2. The maximum atomic E-state index is 12.8. The first-order chi connectivity index (χ1) is 12.3. The third kappa shape index (κ3) is 2.50. The number of phenolic OH excluding ortho intramolecular Hbond substituents is 1. The lowest BCUT2D eigenvalue weighted by molar-refractivity contribution is 0.105. The van der Waals surface area contributed by atoms with Crippen molar-refractivity contribution in [3.8, 4) is 11.5 Å². The van der Waals surface area contributed by atoms with E-state index < -0.39 is 0 Å². The molecule has 2 aromatic rings. The molecule has 1 saturated carbocycles. The van der Waals surface area contributed by atoms with E-state index in [1.807, 2.05) is 0 Å². The Morgan fingerprint density at radius 1 is 1.42 bits per heavy atom. The summed E-state index contributed by atoms with van der Waals surface area (Å²) in [6, 6.07) is 3.28. The zero-order chi connectivity index (χ0) is 18.8. The molecular formula is C21H21ClO3S. The second-order valence-corrected chi connectivity index (χ2v) is 9.37. The standard InChI is InChI=1S/C21H21ClO3S/c1-10-17-12(9-13-18(17)21(13,2)3)20(26-10)15(23)6-5-11-7-14(22)19(24)16(8-11)25-4/h5-8,13,18,24H,9H2,1-4H3/b6-5+/t13-,18-/m1/s1. The van der Waals surface area contributed by atoms with Crippen LogP contribution in [0.3, 0.4) is 0 Å². The van der Waals surface area contributed by atoms with Gasteiger partial charge in [0, 0.05) is 4.88 Å². The first-order valence-corrected chi connectivity index (χ1v) is 9.86. The number of ether oxygens (including phenoxy) is 1. The van der Waals surface area contributed by atoms with E-state index in [-0.39, 0.29) is 16.6 Å². The van der Waals surface area contributed by atoms with Gasteiger partial charge in [-0.05, 0) is 65.5 Å². The van der Waals surface area contributed by atoms with Gasteiger partial charge in [-0.25, -0.2) is 0 Å². The van der Waals surface area contributed by atoms with Crippen LogP contribution in [0.4, 0.5) is 0 Å². The number of phenols is 1. The van der Waals surface area contributed by atoms with Crippen LogP contribution in [0.15, 0.2) is 18.2 Å². The molecule has 1 aromatic carbocycles. The summed E-state index contributed by atoms with van der Waals surface area (Å²) in [5, 5.41) is 10.0. The van der Waals surface area contributed by atoms with Crippen molar-refractivity contribution in [1.82, 2.24) is 0 Å². The third-order valence-electron chi connectivity index (χ3n) is 5.94. The number of ketones is 1. The van der Waals surface area contributed by atoms with Crippen LogP contribution in [0.25, 0.3) is 6.08 Å². The maximum absolute atomic E-state index is 12.8. The summed E-state index contributed by atoms with van der Waals surface area (Å²) in [6.07, 6.45) is 4.32. The van der Waals surface area contributed by atoms with Gasteiger partial charge in [-0.3, -0.25) is 4.79 Å². The zero-order valence-corrected chi connectivity index (χ0v) is 16.8. The summed E-state index contributed by atoms with van der Waals surface area (Å²) in [7, 11) is 1.47. The van der Waals surface area contributed by atoms with Crippen molar-refractivity contribution in [3.05, 3.63) is 49.7 Å². The molecule has 1 heterocycles. The Balaban J connectivity index is 1.61. The van der Waals surface area contributed by atoms with Gasteiger partial charge >= 0.3 is 0 Å². The van der Waals surface area contributed by atoms with Gasteiger partial charge in [0.15, 0.2) is 17.3 Å². The van der Waals surface area contributed by atoms with E-state index in [0.29, 0.717) is 28.6 Å². The minimum atomic E-state index is -0.0915. The number of fused-ring (bicyclic) bond motifs is 3. The molecule has 0 saturated heterocycles. The van der Waals surface area contributed by atoms with E-state index in [1.54, 1.807) is 35.6 Å². The highest BCUT2D eigenvalue weighted by Gasteiger charge is 2.63. The first-order valence-electron chi connectivity index (χ1n) is 8.66. The quantitative estimate of drug-likeness (QED) is 0.546. The molecule has 2 aliphatic carbocycles. The summed E-state index contributed by atoms with van der Waals surface area (Å²) in [6.45, 7) is 6.78. The molecule has 136 valence electrons. The summed E-state index contributed by atoms with van der Waals surface area (Å²) in [5.41, 5.74) is 3.79. The highest BCUT2D eigenvalue weighted by atomic mass is 35.5. The molecule has 3 nitrogen and oxygen atoms in total. The van der Waals surface area contributed by atoms with Crippen molar-refractivity contribution in [3.63, 3.8) is 0 Å². The summed E-state index contributed by atoms with van der Waals surface area (Å²) in [4.78, 5) is 14.9. The number of thiophene rings is 1. The molecule has 1 aromatic heterocycles. The van der Waals surface area contributed by atoms with E-state index in [0.717, 1.165) is 11.3 Å². The second kappa shape index (κ2) is 5.86. The van der Waals surface area contributed by atoms with E-state index in [2.05, 4.69) is 20.8 Å². The Hall–Kier alpha value is -1.78. The van der Waals surface area contributed by atoms with Crippen LogP contribution in [0.5, 0.6) is 11.5 Å². The van der Waals surface area contributed by atoms with Gasteiger partial charge in [-0.15, -0.1) is 11.3 Å². The van der Waals surface area contributed by atoms with Crippen molar-refractivity contribution in [1.29, 1.82) is 0 Å². The normalized spacial score (nSPS) is 22.3. The van der Waals surface area contributed by atoms with E-state index in [1.165, 1.54) is 23.1 Å². The maximum Gasteiger partial charge on any atom is 0.196 e. The summed E-state index contributed by atoms with van der Waals surface area (Å²) >= 11 is 7.62. The Kier molecular flexibility index (Phi) is 3.97. The number of aryl methyl sites for hydroxylation is 1. The van der Waals surface area contributed by atoms with Crippen LogP contribution in [0.1, 0.15) is 51.0 Å². The van der Waals surface area contributed by atoms with E-state index >= 15 is 0 Å². The van der Waals surface area contributed by atoms with Gasteiger partial charge in [0.25, 0.3) is 0 Å². The molecule has 2 aliphatic rings. The number of hydrogen-bond donors (Lipinski definition) is 1. The van der Waals surface area contributed by atoms with Crippen LogP contribution in [-0.4, -0.2) is 18.0 Å². The number of hydrogen-bond acceptors (Lipinski definition) is 4. The summed E-state index contributed by atoms with van der Waals surface area (Å²) < 4.78 is 5.11. The number of carbonyl (C=O) groups is 1. The fourth-order valence-corrected chi connectivity index (χ4v) is 5.79. The number of halogens is 1. The van der Waals surface area contributed by atoms with Crippen LogP contribution in [-0.2, 0) is 6.42 Å². The Labute approximate surface area is 162 Å².